The normalized spacial score (nSPS) is 15.9. The van der Waals surface area contributed by atoms with Crippen molar-refractivity contribution in [2.24, 2.45) is 0 Å². The molecule has 0 radical (unpaired) electrons. The molecular weight excluding hydrogens is 368 g/mol. The second kappa shape index (κ2) is 8.05. The number of hydrogen-bond donors (Lipinski definition) is 1. The maximum Gasteiger partial charge on any atom is 0.146 e. The molecule has 4 rings (SSSR count). The molecule has 3 aromatic rings. The topological polar surface area (TPSA) is 50.3 Å². The largest absolute Gasteiger partial charge is 0.496 e. The molecule has 1 aromatic carbocycles. The van der Waals surface area contributed by atoms with Crippen molar-refractivity contribution in [3.05, 3.63) is 46.1 Å². The van der Waals surface area contributed by atoms with Crippen LogP contribution in [0.1, 0.15) is 47.6 Å². The number of aryl methyl sites for hydroxylation is 2. The van der Waals surface area contributed by atoms with Gasteiger partial charge in [-0.25, -0.2) is 9.97 Å². The first-order chi connectivity index (χ1) is 13.6. The lowest BCUT2D eigenvalue weighted by molar-refractivity contribution is 0.323. The van der Waals surface area contributed by atoms with Crippen molar-refractivity contribution >= 4 is 27.4 Å². The molecule has 1 aliphatic rings. The molecule has 6 heteroatoms. The molecule has 1 fully saturated rings. The Kier molecular flexibility index (Phi) is 5.51. The third-order valence-electron chi connectivity index (χ3n) is 5.60. The molecule has 1 N–H and O–H groups in total. The Bertz CT molecular complexity index is 978. The fourth-order valence-electron chi connectivity index (χ4n) is 3.92. The molecule has 0 saturated carbocycles. The van der Waals surface area contributed by atoms with E-state index in [1.54, 1.807) is 18.4 Å². The molecule has 0 bridgehead atoms. The maximum atomic E-state index is 5.55. The summed E-state index contributed by atoms with van der Waals surface area (Å²) in [5.41, 5.74) is 2.39. The van der Waals surface area contributed by atoms with E-state index >= 15 is 0 Å². The number of ether oxygens (including phenoxy) is 1. The van der Waals surface area contributed by atoms with Crippen LogP contribution in [-0.4, -0.2) is 35.1 Å². The lowest BCUT2D eigenvalue weighted by Crippen LogP contribution is -2.20. The Morgan fingerprint density at radius 1 is 1.18 bits per heavy atom. The molecule has 1 aliphatic heterocycles. The zero-order chi connectivity index (χ0) is 19.7. The fourth-order valence-corrected chi connectivity index (χ4v) is 4.96. The van der Waals surface area contributed by atoms with Crippen LogP contribution in [0.3, 0.4) is 0 Å². The predicted molar refractivity (Wildman–Crippen MR) is 116 cm³/mol. The number of aromatic nitrogens is 2. The molecule has 148 valence electrons. The standard InChI is InChI=1S/C22H28N4OS/c1-14-16(3)28-22-20(14)21(24-19(25-22)13-26-11-7-8-12-26)23-15(2)17-9-5-6-10-18(17)27-4/h5-6,9-10,15H,7-8,11-13H2,1-4H3,(H,23,24,25)/t15-/m0/s1. The van der Waals surface area contributed by atoms with Gasteiger partial charge in [-0.2, -0.15) is 0 Å². The van der Waals surface area contributed by atoms with E-state index in [9.17, 15) is 0 Å². The van der Waals surface area contributed by atoms with Gasteiger partial charge in [-0.05, 0) is 58.3 Å². The maximum absolute atomic E-state index is 5.55. The third-order valence-corrected chi connectivity index (χ3v) is 6.70. The number of benzene rings is 1. The van der Waals surface area contributed by atoms with Crippen LogP contribution in [0.5, 0.6) is 5.75 Å². The molecule has 0 spiro atoms. The summed E-state index contributed by atoms with van der Waals surface area (Å²) < 4.78 is 5.55. The minimum atomic E-state index is 0.0773. The van der Waals surface area contributed by atoms with E-state index < -0.39 is 0 Å². The highest BCUT2D eigenvalue weighted by Gasteiger charge is 2.20. The number of nitrogens with zero attached hydrogens (tertiary/aromatic N) is 3. The Hall–Kier alpha value is -2.18. The number of nitrogens with one attached hydrogen (secondary N) is 1. The molecule has 0 amide bonds. The number of methoxy groups -OCH3 is 1. The first-order valence-electron chi connectivity index (χ1n) is 9.95. The van der Waals surface area contributed by atoms with Crippen LogP contribution in [0.15, 0.2) is 24.3 Å². The highest BCUT2D eigenvalue weighted by molar-refractivity contribution is 7.18. The van der Waals surface area contributed by atoms with Gasteiger partial charge in [0.25, 0.3) is 0 Å². The lowest BCUT2D eigenvalue weighted by atomic mass is 10.1. The summed E-state index contributed by atoms with van der Waals surface area (Å²) in [6, 6.07) is 8.23. The van der Waals surface area contributed by atoms with Gasteiger partial charge in [-0.15, -0.1) is 11.3 Å². The van der Waals surface area contributed by atoms with E-state index in [1.165, 1.54) is 23.3 Å². The Morgan fingerprint density at radius 2 is 1.93 bits per heavy atom. The van der Waals surface area contributed by atoms with Crippen molar-refractivity contribution in [2.45, 2.75) is 46.2 Å². The van der Waals surface area contributed by atoms with Crippen LogP contribution >= 0.6 is 11.3 Å². The molecule has 3 heterocycles. The van der Waals surface area contributed by atoms with Crippen LogP contribution in [0.2, 0.25) is 0 Å². The van der Waals surface area contributed by atoms with Gasteiger partial charge in [0.15, 0.2) is 0 Å². The number of rotatable bonds is 6. The molecular formula is C22H28N4OS. The molecule has 5 nitrogen and oxygen atoms in total. The monoisotopic (exact) mass is 396 g/mol. The summed E-state index contributed by atoms with van der Waals surface area (Å²) >= 11 is 1.76. The first-order valence-corrected chi connectivity index (χ1v) is 10.8. The zero-order valence-corrected chi connectivity index (χ0v) is 17.9. The average Bonchev–Trinajstić information content (AvgIpc) is 3.29. The van der Waals surface area contributed by atoms with Crippen molar-refractivity contribution in [2.75, 3.05) is 25.5 Å². The smallest absolute Gasteiger partial charge is 0.146 e. The van der Waals surface area contributed by atoms with E-state index in [0.717, 1.165) is 52.8 Å². The van der Waals surface area contributed by atoms with Crippen molar-refractivity contribution in [1.29, 1.82) is 0 Å². The van der Waals surface area contributed by atoms with Gasteiger partial charge in [-0.1, -0.05) is 18.2 Å². The minimum Gasteiger partial charge on any atom is -0.496 e. The minimum absolute atomic E-state index is 0.0773. The number of thiophene rings is 1. The summed E-state index contributed by atoms with van der Waals surface area (Å²) in [5.74, 6) is 2.73. The van der Waals surface area contributed by atoms with Gasteiger partial charge in [0, 0.05) is 10.4 Å². The van der Waals surface area contributed by atoms with E-state index in [-0.39, 0.29) is 6.04 Å². The molecule has 2 aromatic heterocycles. The van der Waals surface area contributed by atoms with E-state index in [4.69, 9.17) is 14.7 Å². The van der Waals surface area contributed by atoms with Crippen LogP contribution in [0.4, 0.5) is 5.82 Å². The number of fused-ring (bicyclic) bond motifs is 1. The van der Waals surface area contributed by atoms with Gasteiger partial charge in [-0.3, -0.25) is 4.90 Å². The van der Waals surface area contributed by atoms with Crippen LogP contribution in [-0.2, 0) is 6.54 Å². The number of hydrogen-bond acceptors (Lipinski definition) is 6. The molecule has 0 unspecified atom stereocenters. The molecule has 1 atom stereocenters. The predicted octanol–water partition coefficient (Wildman–Crippen LogP) is 5.09. The lowest BCUT2D eigenvalue weighted by Gasteiger charge is -2.20. The first kappa shape index (κ1) is 19.2. The summed E-state index contributed by atoms with van der Waals surface area (Å²) in [7, 11) is 1.72. The van der Waals surface area contributed by atoms with Gasteiger partial charge < -0.3 is 10.1 Å². The van der Waals surface area contributed by atoms with E-state index in [2.05, 4.69) is 37.1 Å². The second-order valence-corrected chi connectivity index (χ2v) is 8.75. The molecule has 1 saturated heterocycles. The summed E-state index contributed by atoms with van der Waals surface area (Å²) in [6.45, 7) is 9.59. The van der Waals surface area contributed by atoms with Crippen molar-refractivity contribution < 1.29 is 4.74 Å². The number of para-hydroxylation sites is 1. The van der Waals surface area contributed by atoms with Crippen molar-refractivity contribution in [1.82, 2.24) is 14.9 Å². The summed E-state index contributed by atoms with van der Waals surface area (Å²) in [6.07, 6.45) is 2.55. The quantitative estimate of drug-likeness (QED) is 0.629. The Morgan fingerprint density at radius 3 is 2.68 bits per heavy atom. The molecule has 28 heavy (non-hydrogen) atoms. The Balaban J connectivity index is 1.71. The number of anilines is 1. The van der Waals surface area contributed by atoms with Crippen LogP contribution in [0.25, 0.3) is 10.2 Å². The highest BCUT2D eigenvalue weighted by atomic mass is 32.1. The molecule has 0 aliphatic carbocycles. The fraction of sp³-hybridized carbons (Fsp3) is 0.455. The van der Waals surface area contributed by atoms with Gasteiger partial charge in [0.05, 0.1) is 25.1 Å². The third kappa shape index (κ3) is 3.71. The summed E-state index contributed by atoms with van der Waals surface area (Å²) in [4.78, 5) is 14.7. The van der Waals surface area contributed by atoms with Gasteiger partial charge in [0.1, 0.15) is 22.2 Å². The Labute approximate surface area is 170 Å². The second-order valence-electron chi connectivity index (χ2n) is 7.54. The van der Waals surface area contributed by atoms with Gasteiger partial charge >= 0.3 is 0 Å². The average molecular weight is 397 g/mol. The van der Waals surface area contributed by atoms with Crippen molar-refractivity contribution in [3.63, 3.8) is 0 Å². The van der Waals surface area contributed by atoms with E-state index in [0.29, 0.717) is 0 Å². The SMILES string of the molecule is COc1ccccc1[C@H](C)Nc1nc(CN2CCCC2)nc2sc(C)c(C)c12. The summed E-state index contributed by atoms with van der Waals surface area (Å²) in [5, 5.41) is 4.80. The van der Waals surface area contributed by atoms with Gasteiger partial charge in [0.2, 0.25) is 0 Å². The highest BCUT2D eigenvalue weighted by Crippen LogP contribution is 2.36. The number of likely N-dealkylation sites (tertiary alicyclic amines) is 1. The van der Waals surface area contributed by atoms with Crippen LogP contribution < -0.4 is 10.1 Å². The van der Waals surface area contributed by atoms with E-state index in [1.807, 2.05) is 18.2 Å². The van der Waals surface area contributed by atoms with Crippen molar-refractivity contribution in [3.8, 4) is 5.75 Å². The zero-order valence-electron chi connectivity index (χ0n) is 17.1. The van der Waals surface area contributed by atoms with Crippen LogP contribution in [0, 0.1) is 13.8 Å².